The molecule has 1 aliphatic heterocycles. The Hall–Kier alpha value is -2.05. The lowest BCUT2D eigenvalue weighted by molar-refractivity contribution is -0.130. The van der Waals surface area contributed by atoms with Gasteiger partial charge in [0, 0.05) is 36.3 Å². The molecule has 2 aromatic carbocycles. The van der Waals surface area contributed by atoms with Crippen LogP contribution < -0.4 is 4.90 Å². The van der Waals surface area contributed by atoms with Crippen LogP contribution in [0.25, 0.3) is 0 Å². The molecule has 0 unspecified atom stereocenters. The number of anilines is 1. The number of carbonyl (C=O) groups is 2. The monoisotopic (exact) mass is 464 g/mol. The number of esters is 1. The van der Waals surface area contributed by atoms with Gasteiger partial charge in [0.1, 0.15) is 0 Å². The Labute approximate surface area is 178 Å². The molecular weight excluding hydrogens is 444 g/mol. The van der Waals surface area contributed by atoms with Crippen molar-refractivity contribution in [3.05, 3.63) is 62.6 Å². The maximum Gasteiger partial charge on any atom is 0.339 e. The molecule has 148 valence electrons. The number of hydrogen-bond donors (Lipinski definition) is 0. The number of rotatable bonds is 4. The number of benzene rings is 2. The highest BCUT2D eigenvalue weighted by molar-refractivity contribution is 9.10. The molecule has 0 atom stereocenters. The minimum atomic E-state index is -0.484. The highest BCUT2D eigenvalue weighted by Crippen LogP contribution is 2.25. The maximum absolute atomic E-state index is 12.7. The molecule has 0 aromatic heterocycles. The number of methoxy groups -OCH3 is 1. The van der Waals surface area contributed by atoms with Crippen LogP contribution in [0, 0.1) is 6.92 Å². The van der Waals surface area contributed by atoms with Crippen molar-refractivity contribution in [1.82, 2.24) is 4.90 Å². The fourth-order valence-corrected chi connectivity index (χ4v) is 4.16. The number of ether oxygens (including phenoxy) is 1. The molecule has 0 radical (unpaired) electrons. The van der Waals surface area contributed by atoms with Crippen molar-refractivity contribution in [3.63, 3.8) is 0 Å². The van der Waals surface area contributed by atoms with E-state index in [0.29, 0.717) is 23.7 Å². The van der Waals surface area contributed by atoms with Gasteiger partial charge in [0.05, 0.1) is 24.1 Å². The van der Waals surface area contributed by atoms with Crippen molar-refractivity contribution in [1.29, 1.82) is 0 Å². The second-order valence-corrected chi connectivity index (χ2v) is 8.10. The van der Waals surface area contributed by atoms with Crippen LogP contribution in [-0.4, -0.2) is 50.1 Å². The van der Waals surface area contributed by atoms with Gasteiger partial charge in [-0.3, -0.25) is 4.79 Å². The lowest BCUT2D eigenvalue weighted by Crippen LogP contribution is -2.49. The molecule has 0 saturated carbocycles. The average Bonchev–Trinajstić information content (AvgIpc) is 2.68. The van der Waals surface area contributed by atoms with Gasteiger partial charge in [-0.05, 0) is 48.4 Å². The Balaban J connectivity index is 1.59. The van der Waals surface area contributed by atoms with Crippen molar-refractivity contribution >= 4 is 45.1 Å². The molecule has 0 spiro atoms. The zero-order chi connectivity index (χ0) is 20.3. The average molecular weight is 466 g/mol. The highest BCUT2D eigenvalue weighted by atomic mass is 79.9. The summed E-state index contributed by atoms with van der Waals surface area (Å²) in [5.74, 6) is -0.420. The molecule has 1 heterocycles. The zero-order valence-electron chi connectivity index (χ0n) is 15.9. The molecule has 1 saturated heterocycles. The fraction of sp³-hybridized carbons (Fsp3) is 0.333. The first kappa shape index (κ1) is 20.7. The third-order valence-electron chi connectivity index (χ3n) is 4.93. The predicted octanol–water partition coefficient (Wildman–Crippen LogP) is 4.09. The second kappa shape index (κ2) is 8.97. The normalized spacial score (nSPS) is 14.1. The second-order valence-electron chi connectivity index (χ2n) is 6.78. The van der Waals surface area contributed by atoms with Crippen LogP contribution in [-0.2, 0) is 16.0 Å². The Bertz CT molecular complexity index is 895. The summed E-state index contributed by atoms with van der Waals surface area (Å²) in [5.41, 5.74) is 3.52. The van der Waals surface area contributed by atoms with E-state index in [9.17, 15) is 9.59 Å². The lowest BCUT2D eigenvalue weighted by Gasteiger charge is -2.37. The van der Waals surface area contributed by atoms with Crippen molar-refractivity contribution in [3.8, 4) is 0 Å². The highest BCUT2D eigenvalue weighted by Gasteiger charge is 2.22. The van der Waals surface area contributed by atoms with E-state index in [4.69, 9.17) is 11.6 Å². The largest absolute Gasteiger partial charge is 0.465 e. The molecule has 3 rings (SSSR count). The molecule has 2 aromatic rings. The van der Waals surface area contributed by atoms with Crippen LogP contribution in [0.2, 0.25) is 5.02 Å². The smallest absolute Gasteiger partial charge is 0.339 e. The molecule has 7 heteroatoms. The molecule has 0 N–H and O–H groups in total. The molecule has 1 amide bonds. The number of piperazine rings is 1. The van der Waals surface area contributed by atoms with E-state index >= 15 is 0 Å². The van der Waals surface area contributed by atoms with E-state index in [1.54, 1.807) is 18.2 Å². The number of hydrogen-bond acceptors (Lipinski definition) is 4. The van der Waals surface area contributed by atoms with Gasteiger partial charge >= 0.3 is 5.97 Å². The predicted molar refractivity (Wildman–Crippen MR) is 114 cm³/mol. The number of halogens is 2. The first-order chi connectivity index (χ1) is 13.4. The van der Waals surface area contributed by atoms with E-state index in [1.807, 2.05) is 11.0 Å². The third kappa shape index (κ3) is 4.67. The number of carbonyl (C=O) groups excluding carboxylic acids is 2. The van der Waals surface area contributed by atoms with Crippen LogP contribution in [0.3, 0.4) is 0 Å². The van der Waals surface area contributed by atoms with Crippen LogP contribution in [0.15, 0.2) is 40.9 Å². The van der Waals surface area contributed by atoms with E-state index in [-0.39, 0.29) is 12.3 Å². The van der Waals surface area contributed by atoms with E-state index < -0.39 is 5.97 Å². The van der Waals surface area contributed by atoms with Gasteiger partial charge < -0.3 is 14.5 Å². The number of nitrogens with zero attached hydrogens (tertiary/aromatic N) is 2. The summed E-state index contributed by atoms with van der Waals surface area (Å²) in [6.45, 7) is 5.07. The molecule has 28 heavy (non-hydrogen) atoms. The van der Waals surface area contributed by atoms with Crippen LogP contribution >= 0.6 is 27.5 Å². The van der Waals surface area contributed by atoms with Gasteiger partial charge in [0.2, 0.25) is 5.91 Å². The quantitative estimate of drug-likeness (QED) is 0.638. The number of amides is 1. The zero-order valence-corrected chi connectivity index (χ0v) is 18.2. The Morgan fingerprint density at radius 1 is 1.11 bits per heavy atom. The Morgan fingerprint density at radius 3 is 2.43 bits per heavy atom. The van der Waals surface area contributed by atoms with Gasteiger partial charge in [-0.15, -0.1) is 0 Å². The van der Waals surface area contributed by atoms with Gasteiger partial charge in [-0.1, -0.05) is 33.6 Å². The van der Waals surface area contributed by atoms with Crippen LogP contribution in [0.4, 0.5) is 5.69 Å². The van der Waals surface area contributed by atoms with Gasteiger partial charge in [-0.25, -0.2) is 4.79 Å². The first-order valence-electron chi connectivity index (χ1n) is 9.04. The summed E-state index contributed by atoms with van der Waals surface area (Å²) in [7, 11) is 1.31. The SMILES string of the molecule is COC(=O)c1ccc(CC(=O)N2CCN(c3ccc(Br)cc3C)CC2)cc1Cl. The topological polar surface area (TPSA) is 49.9 Å². The standard InChI is InChI=1S/C21H22BrClN2O3/c1-14-11-16(22)4-6-19(14)24-7-9-25(10-8-24)20(26)13-15-3-5-17(18(23)12-15)21(27)28-2/h3-6,11-12H,7-10,13H2,1-2H3. The van der Waals surface area contributed by atoms with E-state index in [0.717, 1.165) is 23.1 Å². The molecule has 0 aliphatic carbocycles. The van der Waals surface area contributed by atoms with Crippen molar-refractivity contribution in [2.45, 2.75) is 13.3 Å². The maximum atomic E-state index is 12.7. The molecular formula is C21H22BrClN2O3. The van der Waals surface area contributed by atoms with Crippen LogP contribution in [0.5, 0.6) is 0 Å². The summed E-state index contributed by atoms with van der Waals surface area (Å²) < 4.78 is 5.76. The van der Waals surface area contributed by atoms with Gasteiger partial charge in [0.25, 0.3) is 0 Å². The molecule has 5 nitrogen and oxygen atoms in total. The molecule has 0 bridgehead atoms. The first-order valence-corrected chi connectivity index (χ1v) is 10.2. The van der Waals surface area contributed by atoms with Crippen molar-refractivity contribution in [2.75, 3.05) is 38.2 Å². The van der Waals surface area contributed by atoms with E-state index in [1.165, 1.54) is 18.4 Å². The Morgan fingerprint density at radius 2 is 1.82 bits per heavy atom. The Kier molecular flexibility index (Phi) is 6.62. The van der Waals surface area contributed by atoms with Crippen molar-refractivity contribution in [2.24, 2.45) is 0 Å². The lowest BCUT2D eigenvalue weighted by atomic mass is 10.1. The molecule has 1 aliphatic rings. The summed E-state index contributed by atoms with van der Waals surface area (Å²) in [5, 5.41) is 0.299. The third-order valence-corrected chi connectivity index (χ3v) is 5.73. The van der Waals surface area contributed by atoms with E-state index in [2.05, 4.69) is 44.6 Å². The minimum Gasteiger partial charge on any atom is -0.465 e. The summed E-state index contributed by atoms with van der Waals surface area (Å²) >= 11 is 9.64. The number of aryl methyl sites for hydroxylation is 1. The van der Waals surface area contributed by atoms with Gasteiger partial charge in [-0.2, -0.15) is 0 Å². The summed E-state index contributed by atoms with van der Waals surface area (Å²) in [4.78, 5) is 28.5. The van der Waals surface area contributed by atoms with Gasteiger partial charge in [0.15, 0.2) is 0 Å². The summed E-state index contributed by atoms with van der Waals surface area (Å²) in [6.07, 6.45) is 0.262. The van der Waals surface area contributed by atoms with Crippen molar-refractivity contribution < 1.29 is 14.3 Å². The fourth-order valence-electron chi connectivity index (χ4n) is 3.40. The minimum absolute atomic E-state index is 0.0639. The molecule has 1 fully saturated rings. The summed E-state index contributed by atoms with van der Waals surface area (Å²) in [6, 6.07) is 11.3. The van der Waals surface area contributed by atoms with Crippen LogP contribution in [0.1, 0.15) is 21.5 Å².